The molecule has 1 aromatic carbocycles. The molecule has 1 saturated heterocycles. The van der Waals surface area contributed by atoms with Gasteiger partial charge in [0.05, 0.1) is 5.92 Å². The molecule has 1 aliphatic rings. The molecule has 5 nitrogen and oxygen atoms in total. The quantitative estimate of drug-likeness (QED) is 0.855. The minimum Gasteiger partial charge on any atom is -0.352 e. The average molecular weight is 365 g/mol. The van der Waals surface area contributed by atoms with Gasteiger partial charge in [0.2, 0.25) is 11.8 Å². The van der Waals surface area contributed by atoms with Crippen LogP contribution in [-0.4, -0.2) is 34.8 Å². The Bertz CT molecular complexity index is 741. The van der Waals surface area contributed by atoms with Crippen LogP contribution in [0.1, 0.15) is 43.2 Å². The lowest BCUT2D eigenvalue weighted by molar-refractivity contribution is -0.137. The number of hydrogen-bond acceptors (Lipinski definition) is 3. The highest BCUT2D eigenvalue weighted by atomic mass is 16.2. The number of carbonyl (C=O) groups is 2. The van der Waals surface area contributed by atoms with Crippen molar-refractivity contribution in [2.75, 3.05) is 13.1 Å². The van der Waals surface area contributed by atoms with Crippen LogP contribution in [0.25, 0.3) is 0 Å². The molecular formula is C22H27N3O2. The van der Waals surface area contributed by atoms with Crippen molar-refractivity contribution in [3.63, 3.8) is 0 Å². The number of rotatable bonds is 6. The van der Waals surface area contributed by atoms with E-state index in [1.807, 2.05) is 54.3 Å². The molecule has 1 aromatic heterocycles. The van der Waals surface area contributed by atoms with Gasteiger partial charge in [0.15, 0.2) is 0 Å². The molecule has 0 bridgehead atoms. The maximum absolute atomic E-state index is 12.9. The van der Waals surface area contributed by atoms with E-state index in [1.165, 1.54) is 0 Å². The molecule has 1 fully saturated rings. The molecule has 0 aliphatic carbocycles. The standard InChI is InChI=1S/C22H27N3O2/c1-2-20(18-8-4-3-5-9-18)22(27)25-13-10-19(11-14-25)21(26)24-16-17-7-6-12-23-15-17/h3-9,12,15,19-20H,2,10-11,13-14,16H2,1H3,(H,24,26). The van der Waals surface area contributed by atoms with E-state index in [9.17, 15) is 9.59 Å². The summed E-state index contributed by atoms with van der Waals surface area (Å²) in [5.41, 5.74) is 2.06. The molecule has 5 heteroatoms. The number of nitrogens with zero attached hydrogens (tertiary/aromatic N) is 2. The van der Waals surface area contributed by atoms with Crippen LogP contribution in [-0.2, 0) is 16.1 Å². The number of carbonyl (C=O) groups excluding carboxylic acids is 2. The van der Waals surface area contributed by atoms with Crippen LogP contribution >= 0.6 is 0 Å². The van der Waals surface area contributed by atoms with Gasteiger partial charge in [-0.25, -0.2) is 0 Å². The Balaban J connectivity index is 1.50. The molecule has 0 radical (unpaired) electrons. The van der Waals surface area contributed by atoms with E-state index in [2.05, 4.69) is 10.3 Å². The highest BCUT2D eigenvalue weighted by Crippen LogP contribution is 2.25. The monoisotopic (exact) mass is 365 g/mol. The Morgan fingerprint density at radius 2 is 1.89 bits per heavy atom. The number of amides is 2. The Morgan fingerprint density at radius 3 is 2.52 bits per heavy atom. The summed E-state index contributed by atoms with van der Waals surface area (Å²) in [7, 11) is 0. The van der Waals surface area contributed by atoms with Crippen LogP contribution in [0, 0.1) is 5.92 Å². The second-order valence-corrected chi connectivity index (χ2v) is 7.05. The topological polar surface area (TPSA) is 62.3 Å². The minimum absolute atomic E-state index is 0.0254. The van der Waals surface area contributed by atoms with Crippen molar-refractivity contribution >= 4 is 11.8 Å². The highest BCUT2D eigenvalue weighted by molar-refractivity contribution is 5.84. The molecule has 2 heterocycles. The lowest BCUT2D eigenvalue weighted by atomic mass is 9.91. The predicted octanol–water partition coefficient (Wildman–Crippen LogP) is 3.13. The van der Waals surface area contributed by atoms with Crippen LogP contribution in [0.2, 0.25) is 0 Å². The number of nitrogens with one attached hydrogen (secondary N) is 1. The van der Waals surface area contributed by atoms with Gasteiger partial charge in [0, 0.05) is 37.9 Å². The van der Waals surface area contributed by atoms with Crippen LogP contribution in [0.4, 0.5) is 0 Å². The molecule has 142 valence electrons. The Hall–Kier alpha value is -2.69. The third-order valence-electron chi connectivity index (χ3n) is 5.28. The average Bonchev–Trinajstić information content (AvgIpc) is 2.74. The fourth-order valence-electron chi connectivity index (χ4n) is 3.66. The number of pyridine rings is 1. The van der Waals surface area contributed by atoms with Crippen molar-refractivity contribution in [2.45, 2.75) is 38.6 Å². The number of piperidine rings is 1. The van der Waals surface area contributed by atoms with E-state index in [0.29, 0.717) is 19.6 Å². The van der Waals surface area contributed by atoms with Crippen molar-refractivity contribution < 1.29 is 9.59 Å². The van der Waals surface area contributed by atoms with Crippen LogP contribution in [0.15, 0.2) is 54.9 Å². The summed E-state index contributed by atoms with van der Waals surface area (Å²) in [6.07, 6.45) is 5.70. The van der Waals surface area contributed by atoms with E-state index >= 15 is 0 Å². The first kappa shape index (κ1) is 19.1. The van der Waals surface area contributed by atoms with Crippen molar-refractivity contribution in [3.05, 3.63) is 66.0 Å². The summed E-state index contributed by atoms with van der Waals surface area (Å²) < 4.78 is 0. The molecule has 0 saturated carbocycles. The molecule has 2 aromatic rings. The van der Waals surface area contributed by atoms with E-state index in [1.54, 1.807) is 12.4 Å². The van der Waals surface area contributed by atoms with Gasteiger partial charge in [-0.1, -0.05) is 43.3 Å². The van der Waals surface area contributed by atoms with Gasteiger partial charge in [-0.15, -0.1) is 0 Å². The summed E-state index contributed by atoms with van der Waals surface area (Å²) in [5, 5.41) is 2.99. The Morgan fingerprint density at radius 1 is 1.15 bits per heavy atom. The van der Waals surface area contributed by atoms with Crippen LogP contribution in [0.3, 0.4) is 0 Å². The van der Waals surface area contributed by atoms with Gasteiger partial charge in [-0.05, 0) is 36.5 Å². The third-order valence-corrected chi connectivity index (χ3v) is 5.28. The molecule has 1 N–H and O–H groups in total. The van der Waals surface area contributed by atoms with Gasteiger partial charge in [-0.3, -0.25) is 14.6 Å². The maximum atomic E-state index is 12.9. The minimum atomic E-state index is -0.0952. The first-order chi connectivity index (χ1) is 13.2. The van der Waals surface area contributed by atoms with Crippen LogP contribution in [0.5, 0.6) is 0 Å². The largest absolute Gasteiger partial charge is 0.352 e. The second-order valence-electron chi connectivity index (χ2n) is 7.05. The van der Waals surface area contributed by atoms with Gasteiger partial charge >= 0.3 is 0 Å². The number of hydrogen-bond donors (Lipinski definition) is 1. The second kappa shape index (κ2) is 9.31. The van der Waals surface area contributed by atoms with Gasteiger partial charge in [0.25, 0.3) is 0 Å². The van der Waals surface area contributed by atoms with Gasteiger partial charge in [0.1, 0.15) is 0 Å². The zero-order chi connectivity index (χ0) is 19.1. The molecule has 1 aliphatic heterocycles. The van der Waals surface area contributed by atoms with Crippen LogP contribution < -0.4 is 5.32 Å². The summed E-state index contributed by atoms with van der Waals surface area (Å²) in [5.74, 6) is 0.128. The van der Waals surface area contributed by atoms with Gasteiger partial charge in [-0.2, -0.15) is 0 Å². The smallest absolute Gasteiger partial charge is 0.230 e. The lowest BCUT2D eigenvalue weighted by Gasteiger charge is -2.33. The third kappa shape index (κ3) is 4.94. The zero-order valence-corrected chi connectivity index (χ0v) is 15.8. The summed E-state index contributed by atoms with van der Waals surface area (Å²) >= 11 is 0. The summed E-state index contributed by atoms with van der Waals surface area (Å²) in [4.78, 5) is 31.3. The SMILES string of the molecule is CCC(C(=O)N1CCC(C(=O)NCc2cccnc2)CC1)c1ccccc1. The normalized spacial score (nSPS) is 16.0. The van der Waals surface area contributed by atoms with Crippen molar-refractivity contribution in [1.82, 2.24) is 15.2 Å². The molecule has 27 heavy (non-hydrogen) atoms. The number of aromatic nitrogens is 1. The van der Waals surface area contributed by atoms with Crippen molar-refractivity contribution in [3.8, 4) is 0 Å². The fraction of sp³-hybridized carbons (Fsp3) is 0.409. The molecule has 3 rings (SSSR count). The Labute approximate surface area is 160 Å². The van der Waals surface area contributed by atoms with E-state index in [4.69, 9.17) is 0 Å². The van der Waals surface area contributed by atoms with Crippen molar-refractivity contribution in [1.29, 1.82) is 0 Å². The molecule has 0 spiro atoms. The van der Waals surface area contributed by atoms with E-state index in [0.717, 1.165) is 30.4 Å². The molecule has 1 atom stereocenters. The van der Waals surface area contributed by atoms with E-state index < -0.39 is 0 Å². The lowest BCUT2D eigenvalue weighted by Crippen LogP contribution is -2.44. The zero-order valence-electron chi connectivity index (χ0n) is 15.8. The molecule has 1 unspecified atom stereocenters. The summed E-state index contributed by atoms with van der Waals surface area (Å²) in [6, 6.07) is 13.8. The predicted molar refractivity (Wildman–Crippen MR) is 105 cm³/mol. The first-order valence-electron chi connectivity index (χ1n) is 9.69. The number of likely N-dealkylation sites (tertiary alicyclic amines) is 1. The molecular weight excluding hydrogens is 338 g/mol. The Kier molecular flexibility index (Phi) is 6.58. The van der Waals surface area contributed by atoms with Gasteiger partial charge < -0.3 is 10.2 Å². The summed E-state index contributed by atoms with van der Waals surface area (Å²) in [6.45, 7) is 3.84. The molecule has 2 amide bonds. The maximum Gasteiger partial charge on any atom is 0.230 e. The van der Waals surface area contributed by atoms with E-state index in [-0.39, 0.29) is 23.7 Å². The van der Waals surface area contributed by atoms with Crippen molar-refractivity contribution in [2.24, 2.45) is 5.92 Å². The fourth-order valence-corrected chi connectivity index (χ4v) is 3.66. The number of benzene rings is 1. The first-order valence-corrected chi connectivity index (χ1v) is 9.69. The highest BCUT2D eigenvalue weighted by Gasteiger charge is 2.30.